The molecule has 1 unspecified atom stereocenters. The number of carbonyl (C=O) groups is 2. The molecular formula is C17H16BrNO3S. The third-order valence-corrected chi connectivity index (χ3v) is 5.87. The monoisotopic (exact) mass is 393 g/mol. The number of hydrogen-bond acceptors (Lipinski definition) is 3. The zero-order valence-electron chi connectivity index (χ0n) is 12.6. The topological polar surface area (TPSA) is 57.6 Å². The molecule has 1 aromatic carbocycles. The van der Waals surface area contributed by atoms with Crippen molar-refractivity contribution in [3.8, 4) is 10.4 Å². The van der Waals surface area contributed by atoms with Crippen LogP contribution < -0.4 is 0 Å². The maximum atomic E-state index is 12.6. The first kappa shape index (κ1) is 16.2. The van der Waals surface area contributed by atoms with Crippen LogP contribution >= 0.6 is 27.3 Å². The van der Waals surface area contributed by atoms with Crippen LogP contribution in [0.4, 0.5) is 0 Å². The molecule has 1 aromatic heterocycles. The van der Waals surface area contributed by atoms with Gasteiger partial charge in [0.05, 0.1) is 10.3 Å². The summed E-state index contributed by atoms with van der Waals surface area (Å²) < 4.78 is 1.01. The Morgan fingerprint density at radius 3 is 2.52 bits per heavy atom. The summed E-state index contributed by atoms with van der Waals surface area (Å²) in [5.74, 6) is -0.919. The molecule has 120 valence electrons. The lowest BCUT2D eigenvalue weighted by Gasteiger charge is -2.19. The molecule has 1 N–H and O–H groups in total. The Hall–Kier alpha value is -1.66. The fourth-order valence-electron chi connectivity index (χ4n) is 2.69. The van der Waals surface area contributed by atoms with Crippen molar-refractivity contribution in [2.24, 2.45) is 5.41 Å². The lowest BCUT2D eigenvalue weighted by atomic mass is 9.90. The summed E-state index contributed by atoms with van der Waals surface area (Å²) in [5.41, 5.74) is 0.232. The lowest BCUT2D eigenvalue weighted by Crippen LogP contribution is -2.34. The molecule has 2 aromatic rings. The van der Waals surface area contributed by atoms with E-state index in [1.807, 2.05) is 36.4 Å². The summed E-state index contributed by atoms with van der Waals surface area (Å²) in [4.78, 5) is 27.2. The molecule has 0 bridgehead atoms. The summed E-state index contributed by atoms with van der Waals surface area (Å²) >= 11 is 4.85. The van der Waals surface area contributed by atoms with Gasteiger partial charge >= 0.3 is 5.97 Å². The Morgan fingerprint density at radius 1 is 1.22 bits per heavy atom. The van der Waals surface area contributed by atoms with E-state index in [1.54, 1.807) is 11.8 Å². The highest BCUT2D eigenvalue weighted by Crippen LogP contribution is 2.34. The number of likely N-dealkylation sites (tertiary alicyclic amines) is 1. The summed E-state index contributed by atoms with van der Waals surface area (Å²) in [6.45, 7) is 2.46. The van der Waals surface area contributed by atoms with E-state index in [2.05, 4.69) is 15.9 Å². The number of rotatable bonds is 3. The Balaban J connectivity index is 1.77. The van der Waals surface area contributed by atoms with Crippen molar-refractivity contribution in [3.05, 3.63) is 45.7 Å². The second-order valence-electron chi connectivity index (χ2n) is 6.01. The van der Waals surface area contributed by atoms with Crippen molar-refractivity contribution in [1.82, 2.24) is 4.90 Å². The molecule has 0 radical (unpaired) electrons. The van der Waals surface area contributed by atoms with Gasteiger partial charge in [0.2, 0.25) is 0 Å². The molecule has 3 rings (SSSR count). The van der Waals surface area contributed by atoms with Gasteiger partial charge in [-0.3, -0.25) is 9.59 Å². The minimum atomic E-state index is -0.838. The van der Waals surface area contributed by atoms with Gasteiger partial charge in [0.1, 0.15) is 0 Å². The minimum absolute atomic E-state index is 0.0802. The third-order valence-electron chi connectivity index (χ3n) is 4.22. The number of halogens is 1. The fraction of sp³-hybridized carbons (Fsp3) is 0.294. The summed E-state index contributed by atoms with van der Waals surface area (Å²) in [6, 6.07) is 11.7. The molecular weight excluding hydrogens is 378 g/mol. The van der Waals surface area contributed by atoms with E-state index in [-0.39, 0.29) is 12.5 Å². The highest BCUT2D eigenvalue weighted by molar-refractivity contribution is 9.10. The Labute approximate surface area is 146 Å². The molecule has 23 heavy (non-hydrogen) atoms. The van der Waals surface area contributed by atoms with Crippen LogP contribution in [0.25, 0.3) is 10.4 Å². The quantitative estimate of drug-likeness (QED) is 0.852. The molecule has 1 amide bonds. The van der Waals surface area contributed by atoms with Gasteiger partial charge < -0.3 is 10.0 Å². The molecule has 4 nitrogen and oxygen atoms in total. The number of aliphatic carboxylic acids is 1. The van der Waals surface area contributed by atoms with E-state index in [0.29, 0.717) is 17.8 Å². The Bertz CT molecular complexity index is 755. The van der Waals surface area contributed by atoms with Crippen molar-refractivity contribution >= 4 is 39.1 Å². The van der Waals surface area contributed by atoms with Crippen LogP contribution in [0, 0.1) is 5.41 Å². The van der Waals surface area contributed by atoms with Crippen LogP contribution in [0.3, 0.4) is 0 Å². The largest absolute Gasteiger partial charge is 0.481 e. The molecule has 0 saturated carbocycles. The van der Waals surface area contributed by atoms with E-state index < -0.39 is 11.4 Å². The van der Waals surface area contributed by atoms with E-state index >= 15 is 0 Å². The van der Waals surface area contributed by atoms with Crippen LogP contribution in [0.5, 0.6) is 0 Å². The minimum Gasteiger partial charge on any atom is -0.481 e. The number of nitrogens with zero attached hydrogens (tertiary/aromatic N) is 1. The SMILES string of the molecule is CC1(C(=O)O)CCN(C(=O)c2ccc(-c3ccc(Br)cc3)s2)C1. The molecule has 1 aliphatic rings. The standard InChI is InChI=1S/C17H16BrNO3S/c1-17(16(21)22)8-9-19(10-17)15(20)14-7-6-13(23-14)11-2-4-12(18)5-3-11/h2-7H,8-10H2,1H3,(H,21,22). The highest BCUT2D eigenvalue weighted by atomic mass is 79.9. The summed E-state index contributed by atoms with van der Waals surface area (Å²) in [7, 11) is 0. The smallest absolute Gasteiger partial charge is 0.311 e. The summed E-state index contributed by atoms with van der Waals surface area (Å²) in [5, 5.41) is 9.28. The number of benzene rings is 1. The van der Waals surface area contributed by atoms with Gasteiger partial charge in [-0.15, -0.1) is 11.3 Å². The van der Waals surface area contributed by atoms with Crippen molar-refractivity contribution < 1.29 is 14.7 Å². The number of carbonyl (C=O) groups excluding carboxylic acids is 1. The van der Waals surface area contributed by atoms with Crippen LogP contribution in [0.15, 0.2) is 40.9 Å². The number of carboxylic acids is 1. The summed E-state index contributed by atoms with van der Waals surface area (Å²) in [6.07, 6.45) is 0.499. The average molecular weight is 394 g/mol. The molecule has 0 spiro atoms. The predicted molar refractivity (Wildman–Crippen MR) is 93.7 cm³/mol. The van der Waals surface area contributed by atoms with Crippen LogP contribution in [0.1, 0.15) is 23.0 Å². The maximum Gasteiger partial charge on any atom is 0.311 e. The van der Waals surface area contributed by atoms with Gasteiger partial charge in [0, 0.05) is 22.4 Å². The fourth-order valence-corrected chi connectivity index (χ4v) is 3.93. The first-order chi connectivity index (χ1) is 10.9. The molecule has 6 heteroatoms. The van der Waals surface area contributed by atoms with Gasteiger partial charge in [-0.1, -0.05) is 28.1 Å². The third kappa shape index (κ3) is 3.19. The van der Waals surface area contributed by atoms with Gasteiger partial charge in [0.15, 0.2) is 0 Å². The molecule has 1 fully saturated rings. The molecule has 1 aliphatic heterocycles. The predicted octanol–water partition coefficient (Wildman–Crippen LogP) is 4.11. The van der Waals surface area contributed by atoms with Crippen molar-refractivity contribution in [3.63, 3.8) is 0 Å². The zero-order chi connectivity index (χ0) is 16.6. The van der Waals surface area contributed by atoms with Crippen molar-refractivity contribution in [2.45, 2.75) is 13.3 Å². The number of amides is 1. The maximum absolute atomic E-state index is 12.6. The second kappa shape index (κ2) is 6.09. The van der Waals surface area contributed by atoms with Crippen LogP contribution in [0.2, 0.25) is 0 Å². The average Bonchev–Trinajstić information content (AvgIpc) is 3.15. The molecule has 0 aliphatic carbocycles. The number of hydrogen-bond donors (Lipinski definition) is 1. The lowest BCUT2D eigenvalue weighted by molar-refractivity contribution is -0.147. The first-order valence-electron chi connectivity index (χ1n) is 7.27. The van der Waals surface area contributed by atoms with Gasteiger partial charge in [-0.25, -0.2) is 0 Å². The van der Waals surface area contributed by atoms with Gasteiger partial charge in [-0.05, 0) is 43.2 Å². The second-order valence-corrected chi connectivity index (χ2v) is 8.01. The molecule has 1 saturated heterocycles. The Kier molecular flexibility index (Phi) is 4.29. The van der Waals surface area contributed by atoms with Crippen molar-refractivity contribution in [2.75, 3.05) is 13.1 Å². The zero-order valence-corrected chi connectivity index (χ0v) is 15.0. The molecule has 1 atom stereocenters. The van der Waals surface area contributed by atoms with E-state index in [0.717, 1.165) is 14.9 Å². The van der Waals surface area contributed by atoms with Crippen LogP contribution in [-0.4, -0.2) is 35.0 Å². The van der Waals surface area contributed by atoms with Crippen LogP contribution in [-0.2, 0) is 4.79 Å². The number of carboxylic acid groups (broad SMARTS) is 1. The molecule has 2 heterocycles. The van der Waals surface area contributed by atoms with Gasteiger partial charge in [0.25, 0.3) is 5.91 Å². The van der Waals surface area contributed by atoms with Crippen molar-refractivity contribution in [1.29, 1.82) is 0 Å². The van der Waals surface area contributed by atoms with Gasteiger partial charge in [-0.2, -0.15) is 0 Å². The van der Waals surface area contributed by atoms with E-state index in [1.165, 1.54) is 11.3 Å². The number of thiophene rings is 1. The first-order valence-corrected chi connectivity index (χ1v) is 8.88. The highest BCUT2D eigenvalue weighted by Gasteiger charge is 2.42. The Morgan fingerprint density at radius 2 is 1.91 bits per heavy atom. The van der Waals surface area contributed by atoms with E-state index in [4.69, 9.17) is 0 Å². The van der Waals surface area contributed by atoms with E-state index in [9.17, 15) is 14.7 Å². The normalized spacial score (nSPS) is 20.7.